The molecule has 3 aromatic carbocycles. The highest BCUT2D eigenvalue weighted by Crippen LogP contribution is 2.30. The highest BCUT2D eigenvalue weighted by atomic mass is 32.2. The van der Waals surface area contributed by atoms with Crippen LogP contribution < -0.4 is 0 Å². The minimum atomic E-state index is 1.25. The van der Waals surface area contributed by atoms with Crippen LogP contribution in [-0.2, 0) is 0 Å². The Morgan fingerprint density at radius 1 is 0.696 bits per heavy atom. The molecule has 0 unspecified atom stereocenters. The van der Waals surface area contributed by atoms with Crippen LogP contribution in [0.4, 0.5) is 0 Å². The molecule has 0 N–H and O–H groups in total. The van der Waals surface area contributed by atoms with Crippen molar-refractivity contribution in [1.82, 2.24) is 0 Å². The molecule has 0 atom stereocenters. The molecule has 0 fully saturated rings. The lowest BCUT2D eigenvalue weighted by Crippen LogP contribution is -1.87. The third-order valence-electron chi connectivity index (χ3n) is 3.96. The van der Waals surface area contributed by atoms with Crippen molar-refractivity contribution in [3.63, 3.8) is 0 Å². The van der Waals surface area contributed by atoms with Gasteiger partial charge in [-0.15, -0.1) is 0 Å². The first-order chi connectivity index (χ1) is 11.2. The Labute approximate surface area is 142 Å². The second-order valence-corrected chi connectivity index (χ2v) is 6.57. The third kappa shape index (κ3) is 3.94. The van der Waals surface area contributed by atoms with Gasteiger partial charge in [0.2, 0.25) is 0 Å². The van der Waals surface area contributed by atoms with Gasteiger partial charge >= 0.3 is 0 Å². The third-order valence-corrected chi connectivity index (χ3v) is 4.84. The number of hydrogen-bond donors (Lipinski definition) is 0. The molecule has 3 rings (SSSR count). The van der Waals surface area contributed by atoms with Gasteiger partial charge < -0.3 is 0 Å². The molecule has 0 heterocycles. The van der Waals surface area contributed by atoms with Crippen LogP contribution in [-0.4, -0.2) is 0 Å². The summed E-state index contributed by atoms with van der Waals surface area (Å²) in [6.45, 7) is 4.32. The van der Waals surface area contributed by atoms with Gasteiger partial charge in [-0.3, -0.25) is 0 Å². The molecule has 3 aromatic rings. The molecule has 23 heavy (non-hydrogen) atoms. The molecule has 0 saturated carbocycles. The van der Waals surface area contributed by atoms with Crippen LogP contribution in [0.15, 0.2) is 89.2 Å². The van der Waals surface area contributed by atoms with Crippen molar-refractivity contribution in [2.75, 3.05) is 0 Å². The number of benzene rings is 3. The minimum Gasteiger partial charge on any atom is -0.0974 e. The summed E-state index contributed by atoms with van der Waals surface area (Å²) in [5.41, 5.74) is 6.42. The SMILES string of the molecule is Cc1ccc(SC=C(c2ccccc2)c2ccccc2)cc1C. The van der Waals surface area contributed by atoms with Gasteiger partial charge in [-0.05, 0) is 59.2 Å². The topological polar surface area (TPSA) is 0 Å². The van der Waals surface area contributed by atoms with Crippen LogP contribution in [0.2, 0.25) is 0 Å². The van der Waals surface area contributed by atoms with Crippen LogP contribution in [0.25, 0.3) is 5.57 Å². The van der Waals surface area contributed by atoms with Crippen LogP contribution in [0, 0.1) is 13.8 Å². The summed E-state index contributed by atoms with van der Waals surface area (Å²) >= 11 is 1.78. The molecule has 0 spiro atoms. The fraction of sp³-hybridized carbons (Fsp3) is 0.0909. The fourth-order valence-electron chi connectivity index (χ4n) is 2.45. The normalized spacial score (nSPS) is 10.3. The second-order valence-electron chi connectivity index (χ2n) is 5.63. The van der Waals surface area contributed by atoms with Crippen molar-refractivity contribution < 1.29 is 0 Å². The van der Waals surface area contributed by atoms with E-state index in [1.165, 1.54) is 32.7 Å². The molecule has 0 aliphatic carbocycles. The largest absolute Gasteiger partial charge is 0.0974 e. The first-order valence-corrected chi connectivity index (χ1v) is 8.67. The molecule has 0 saturated heterocycles. The lowest BCUT2D eigenvalue weighted by Gasteiger charge is -2.09. The molecule has 0 aliphatic rings. The van der Waals surface area contributed by atoms with E-state index < -0.39 is 0 Å². The average Bonchev–Trinajstić information content (AvgIpc) is 2.60. The zero-order valence-electron chi connectivity index (χ0n) is 13.5. The van der Waals surface area contributed by atoms with Gasteiger partial charge in [0.05, 0.1) is 0 Å². The van der Waals surface area contributed by atoms with E-state index in [-0.39, 0.29) is 0 Å². The van der Waals surface area contributed by atoms with E-state index in [2.05, 4.69) is 98.1 Å². The molecule has 0 aromatic heterocycles. The molecule has 0 bridgehead atoms. The zero-order valence-corrected chi connectivity index (χ0v) is 14.3. The van der Waals surface area contributed by atoms with Crippen molar-refractivity contribution >= 4 is 17.3 Å². The highest BCUT2D eigenvalue weighted by Gasteiger charge is 2.05. The Bertz CT molecular complexity index is 760. The Morgan fingerprint density at radius 3 is 1.78 bits per heavy atom. The van der Waals surface area contributed by atoms with Crippen LogP contribution in [0.1, 0.15) is 22.3 Å². The Hall–Kier alpha value is -2.25. The van der Waals surface area contributed by atoms with E-state index in [4.69, 9.17) is 0 Å². The predicted molar refractivity (Wildman–Crippen MR) is 102 cm³/mol. The predicted octanol–water partition coefficient (Wildman–Crippen LogP) is 6.48. The highest BCUT2D eigenvalue weighted by molar-refractivity contribution is 8.02. The molecular formula is C22H20S. The van der Waals surface area contributed by atoms with E-state index in [1.807, 2.05) is 0 Å². The maximum atomic E-state index is 2.26. The smallest absolute Gasteiger partial charge is 0.0119 e. The lowest BCUT2D eigenvalue weighted by molar-refractivity contribution is 1.28. The summed E-state index contributed by atoms with van der Waals surface area (Å²) in [6, 6.07) is 27.8. The number of rotatable bonds is 4. The van der Waals surface area contributed by atoms with E-state index in [0.29, 0.717) is 0 Å². The van der Waals surface area contributed by atoms with Gasteiger partial charge in [0, 0.05) is 4.90 Å². The summed E-state index contributed by atoms with van der Waals surface area (Å²) in [4.78, 5) is 1.28. The van der Waals surface area contributed by atoms with E-state index in [1.54, 1.807) is 11.8 Å². The molecule has 1 heteroatoms. The zero-order chi connectivity index (χ0) is 16.1. The maximum Gasteiger partial charge on any atom is 0.0119 e. The van der Waals surface area contributed by atoms with Gasteiger partial charge in [-0.25, -0.2) is 0 Å². The Morgan fingerprint density at radius 2 is 1.26 bits per heavy atom. The second kappa shape index (κ2) is 7.34. The molecule has 0 aliphatic heterocycles. The summed E-state index contributed by atoms with van der Waals surface area (Å²) in [7, 11) is 0. The summed E-state index contributed by atoms with van der Waals surface area (Å²) < 4.78 is 0. The van der Waals surface area contributed by atoms with Crippen molar-refractivity contribution in [2.24, 2.45) is 0 Å². The number of aryl methyl sites for hydroxylation is 2. The maximum absolute atomic E-state index is 2.26. The summed E-state index contributed by atoms with van der Waals surface area (Å²) in [5, 5.41) is 2.26. The number of thioether (sulfide) groups is 1. The quantitative estimate of drug-likeness (QED) is 0.496. The number of hydrogen-bond acceptors (Lipinski definition) is 1. The van der Waals surface area contributed by atoms with Crippen LogP contribution >= 0.6 is 11.8 Å². The van der Waals surface area contributed by atoms with Gasteiger partial charge in [0.15, 0.2) is 0 Å². The van der Waals surface area contributed by atoms with E-state index >= 15 is 0 Å². The fourth-order valence-corrected chi connectivity index (χ4v) is 3.37. The minimum absolute atomic E-state index is 1.25. The van der Waals surface area contributed by atoms with Crippen LogP contribution in [0.3, 0.4) is 0 Å². The molecule has 0 nitrogen and oxygen atoms in total. The average molecular weight is 316 g/mol. The monoisotopic (exact) mass is 316 g/mol. The van der Waals surface area contributed by atoms with Crippen molar-refractivity contribution in [3.8, 4) is 0 Å². The molecular weight excluding hydrogens is 296 g/mol. The molecule has 0 radical (unpaired) electrons. The van der Waals surface area contributed by atoms with Crippen molar-refractivity contribution in [2.45, 2.75) is 18.7 Å². The Balaban J connectivity index is 1.96. The van der Waals surface area contributed by atoms with E-state index in [0.717, 1.165) is 0 Å². The van der Waals surface area contributed by atoms with E-state index in [9.17, 15) is 0 Å². The first kappa shape index (κ1) is 15.6. The van der Waals surface area contributed by atoms with Gasteiger partial charge in [-0.1, -0.05) is 78.5 Å². The first-order valence-electron chi connectivity index (χ1n) is 7.79. The van der Waals surface area contributed by atoms with Gasteiger partial charge in [0.1, 0.15) is 0 Å². The van der Waals surface area contributed by atoms with Crippen LogP contribution in [0.5, 0.6) is 0 Å². The van der Waals surface area contributed by atoms with Gasteiger partial charge in [0.25, 0.3) is 0 Å². The molecule has 114 valence electrons. The summed E-state index contributed by atoms with van der Waals surface area (Å²) in [6.07, 6.45) is 0. The molecule has 0 amide bonds. The summed E-state index contributed by atoms with van der Waals surface area (Å²) in [5.74, 6) is 0. The standard InChI is InChI=1S/C22H20S/c1-17-13-14-21(15-18(17)2)23-16-22(19-9-5-3-6-10-19)20-11-7-4-8-12-20/h3-16H,1-2H3. The lowest BCUT2D eigenvalue weighted by atomic mass is 10.00. The Kier molecular flexibility index (Phi) is 4.99. The van der Waals surface area contributed by atoms with Gasteiger partial charge in [-0.2, -0.15) is 0 Å². The van der Waals surface area contributed by atoms with Crippen molar-refractivity contribution in [1.29, 1.82) is 0 Å². The van der Waals surface area contributed by atoms with Crippen molar-refractivity contribution in [3.05, 3.63) is 107 Å².